The molecule has 1 aromatic heterocycles. The third-order valence-electron chi connectivity index (χ3n) is 2.08. The fourth-order valence-electron chi connectivity index (χ4n) is 1.24. The Bertz CT molecular complexity index is 342. The highest BCUT2D eigenvalue weighted by Crippen LogP contribution is 2.26. The van der Waals surface area contributed by atoms with Gasteiger partial charge in [-0.2, -0.15) is 13.2 Å². The van der Waals surface area contributed by atoms with Gasteiger partial charge in [0.05, 0.1) is 12.4 Å². The largest absolute Gasteiger partial charge is 0.434 e. The molecule has 0 spiro atoms. The van der Waals surface area contributed by atoms with E-state index in [1.165, 1.54) is 0 Å². The molecule has 1 atom stereocenters. The van der Waals surface area contributed by atoms with E-state index in [1.807, 2.05) is 13.8 Å². The highest BCUT2D eigenvalue weighted by molar-refractivity contribution is 5.85. The Kier molecular flexibility index (Phi) is 6.93. The molecule has 1 aromatic rings. The number of nitrogens with one attached hydrogen (secondary N) is 2. The van der Waals surface area contributed by atoms with Crippen molar-refractivity contribution < 1.29 is 13.2 Å². The summed E-state index contributed by atoms with van der Waals surface area (Å²) >= 11 is 0. The highest BCUT2D eigenvalue weighted by atomic mass is 35.5. The smallest absolute Gasteiger partial charge is 0.367 e. The van der Waals surface area contributed by atoms with Crippen LogP contribution in [0, 0.1) is 0 Å². The lowest BCUT2D eigenvalue weighted by atomic mass is 10.3. The molecule has 8 heteroatoms. The minimum atomic E-state index is -4.44. The van der Waals surface area contributed by atoms with Crippen molar-refractivity contribution in [3.63, 3.8) is 0 Å². The molecule has 0 amide bonds. The van der Waals surface area contributed by atoms with Crippen molar-refractivity contribution in [1.82, 2.24) is 15.3 Å². The van der Waals surface area contributed by atoms with Gasteiger partial charge in [0.1, 0.15) is 5.82 Å². The van der Waals surface area contributed by atoms with E-state index < -0.39 is 11.9 Å². The first-order valence-electron chi connectivity index (χ1n) is 5.30. The van der Waals surface area contributed by atoms with Crippen molar-refractivity contribution in [3.8, 4) is 0 Å². The van der Waals surface area contributed by atoms with Gasteiger partial charge in [-0.1, -0.05) is 6.92 Å². The van der Waals surface area contributed by atoms with Crippen LogP contribution in [-0.2, 0) is 6.18 Å². The van der Waals surface area contributed by atoms with Crippen LogP contribution in [0.4, 0.5) is 19.0 Å². The summed E-state index contributed by atoms with van der Waals surface area (Å²) in [6.07, 6.45) is -2.63. The van der Waals surface area contributed by atoms with Gasteiger partial charge >= 0.3 is 6.18 Å². The lowest BCUT2D eigenvalue weighted by Crippen LogP contribution is -2.32. The van der Waals surface area contributed by atoms with E-state index in [-0.39, 0.29) is 18.4 Å². The number of anilines is 1. The molecule has 2 N–H and O–H groups in total. The van der Waals surface area contributed by atoms with Gasteiger partial charge in [-0.05, 0) is 13.5 Å². The Hall–Kier alpha value is -1.08. The number of hydrogen-bond acceptors (Lipinski definition) is 4. The van der Waals surface area contributed by atoms with Crippen molar-refractivity contribution in [1.29, 1.82) is 0 Å². The Morgan fingerprint density at radius 3 is 2.39 bits per heavy atom. The normalized spacial score (nSPS) is 12.7. The molecule has 4 nitrogen and oxygen atoms in total. The summed E-state index contributed by atoms with van der Waals surface area (Å²) in [5.74, 6) is 0.336. The van der Waals surface area contributed by atoms with E-state index in [0.717, 1.165) is 18.9 Å². The van der Waals surface area contributed by atoms with E-state index in [4.69, 9.17) is 0 Å². The molecule has 0 unspecified atom stereocenters. The summed E-state index contributed by atoms with van der Waals surface area (Å²) in [6, 6.07) is 0.212. The minimum Gasteiger partial charge on any atom is -0.367 e. The van der Waals surface area contributed by atoms with Crippen molar-refractivity contribution in [2.24, 2.45) is 0 Å². The van der Waals surface area contributed by atoms with Gasteiger partial charge in [0, 0.05) is 12.6 Å². The molecular weight excluding hydrogens is 269 g/mol. The molecule has 1 heterocycles. The van der Waals surface area contributed by atoms with Crippen LogP contribution in [0.15, 0.2) is 12.4 Å². The topological polar surface area (TPSA) is 49.8 Å². The molecule has 18 heavy (non-hydrogen) atoms. The second kappa shape index (κ2) is 7.38. The van der Waals surface area contributed by atoms with Crippen LogP contribution in [0.1, 0.15) is 19.5 Å². The van der Waals surface area contributed by atoms with E-state index in [9.17, 15) is 13.2 Å². The highest BCUT2D eigenvalue weighted by Gasteiger charge is 2.32. The van der Waals surface area contributed by atoms with E-state index in [2.05, 4.69) is 20.6 Å². The van der Waals surface area contributed by atoms with Gasteiger partial charge in [-0.25, -0.2) is 9.97 Å². The van der Waals surface area contributed by atoms with Gasteiger partial charge in [-0.3, -0.25) is 0 Å². The standard InChI is InChI=1S/C10H15F3N4.ClH/c1-3-14-7(2)4-16-9-6-15-8(5-17-9)10(11,12)13;/h5-7,14H,3-4H2,1-2H3,(H,16,17);1H/t7-;/m0./s1. The fourth-order valence-corrected chi connectivity index (χ4v) is 1.24. The Morgan fingerprint density at radius 1 is 1.28 bits per heavy atom. The van der Waals surface area contributed by atoms with E-state index >= 15 is 0 Å². The summed E-state index contributed by atoms with van der Waals surface area (Å²) in [6.45, 7) is 5.36. The van der Waals surface area contributed by atoms with Crippen molar-refractivity contribution in [2.75, 3.05) is 18.4 Å². The van der Waals surface area contributed by atoms with Gasteiger partial charge in [0.25, 0.3) is 0 Å². The summed E-state index contributed by atoms with van der Waals surface area (Å²) in [4.78, 5) is 6.96. The maximum Gasteiger partial charge on any atom is 0.434 e. The quantitative estimate of drug-likeness (QED) is 0.871. The second-order valence-electron chi connectivity index (χ2n) is 3.62. The van der Waals surface area contributed by atoms with Crippen molar-refractivity contribution in [3.05, 3.63) is 18.1 Å². The summed E-state index contributed by atoms with van der Waals surface area (Å²) < 4.78 is 36.6. The summed E-state index contributed by atoms with van der Waals surface area (Å²) in [5.41, 5.74) is -0.984. The van der Waals surface area contributed by atoms with Gasteiger partial charge in [0.15, 0.2) is 5.69 Å². The monoisotopic (exact) mass is 284 g/mol. The van der Waals surface area contributed by atoms with Crippen molar-refractivity contribution in [2.45, 2.75) is 26.1 Å². The molecular formula is C10H16ClF3N4. The first-order chi connectivity index (χ1) is 7.93. The molecule has 0 radical (unpaired) electrons. The lowest BCUT2D eigenvalue weighted by Gasteiger charge is -2.13. The van der Waals surface area contributed by atoms with Gasteiger partial charge in [0.2, 0.25) is 0 Å². The Morgan fingerprint density at radius 2 is 1.94 bits per heavy atom. The van der Waals surface area contributed by atoms with Crippen LogP contribution in [0.2, 0.25) is 0 Å². The fraction of sp³-hybridized carbons (Fsp3) is 0.600. The molecule has 104 valence electrons. The van der Waals surface area contributed by atoms with Crippen LogP contribution < -0.4 is 10.6 Å². The molecule has 0 fully saturated rings. The molecule has 0 aliphatic heterocycles. The molecule has 0 saturated heterocycles. The number of halogens is 4. The number of likely N-dealkylation sites (N-methyl/N-ethyl adjacent to an activating group) is 1. The Balaban J connectivity index is 0.00000289. The second-order valence-corrected chi connectivity index (χ2v) is 3.62. The minimum absolute atomic E-state index is 0. The predicted octanol–water partition coefficient (Wildman–Crippen LogP) is 2.33. The summed E-state index contributed by atoms with van der Waals surface area (Å²) in [5, 5.41) is 6.07. The molecule has 0 aliphatic carbocycles. The third kappa shape index (κ3) is 5.50. The lowest BCUT2D eigenvalue weighted by molar-refractivity contribution is -0.141. The van der Waals surface area contributed by atoms with E-state index in [0.29, 0.717) is 12.4 Å². The first-order valence-corrected chi connectivity index (χ1v) is 5.30. The van der Waals surface area contributed by atoms with Crippen LogP contribution in [0.5, 0.6) is 0 Å². The predicted molar refractivity (Wildman–Crippen MR) is 65.9 cm³/mol. The average molecular weight is 285 g/mol. The van der Waals surface area contributed by atoms with E-state index in [1.54, 1.807) is 0 Å². The maximum atomic E-state index is 12.2. The number of nitrogens with zero attached hydrogens (tertiary/aromatic N) is 2. The molecule has 0 saturated carbocycles. The zero-order valence-corrected chi connectivity index (χ0v) is 10.9. The van der Waals surface area contributed by atoms with Crippen molar-refractivity contribution >= 4 is 18.2 Å². The third-order valence-corrected chi connectivity index (χ3v) is 2.08. The number of rotatable bonds is 5. The molecule has 0 aliphatic rings. The van der Waals surface area contributed by atoms with Gasteiger partial charge in [-0.15, -0.1) is 12.4 Å². The first kappa shape index (κ1) is 16.9. The maximum absolute atomic E-state index is 12.2. The number of hydrogen-bond donors (Lipinski definition) is 2. The number of alkyl halides is 3. The van der Waals surface area contributed by atoms with Gasteiger partial charge < -0.3 is 10.6 Å². The summed E-state index contributed by atoms with van der Waals surface area (Å²) in [7, 11) is 0. The van der Waals surface area contributed by atoms with Crippen LogP contribution >= 0.6 is 12.4 Å². The molecule has 0 aromatic carbocycles. The Labute approximate surface area is 110 Å². The van der Waals surface area contributed by atoms with Crippen LogP contribution in [-0.4, -0.2) is 29.1 Å². The zero-order valence-electron chi connectivity index (χ0n) is 10.1. The average Bonchev–Trinajstić information content (AvgIpc) is 2.26. The van der Waals surface area contributed by atoms with Crippen LogP contribution in [0.3, 0.4) is 0 Å². The number of aromatic nitrogens is 2. The zero-order chi connectivity index (χ0) is 12.9. The molecule has 0 bridgehead atoms. The van der Waals surface area contributed by atoms with Crippen LogP contribution in [0.25, 0.3) is 0 Å². The SMILES string of the molecule is CCN[C@@H](C)CNc1cnc(C(F)(F)F)cn1.Cl. The molecule has 1 rings (SSSR count).